The zero-order chi connectivity index (χ0) is 18.2. The number of rotatable bonds is 7. The van der Waals surface area contributed by atoms with Gasteiger partial charge in [-0.05, 0) is 12.1 Å². The Morgan fingerprint density at radius 1 is 1.36 bits per heavy atom. The van der Waals surface area contributed by atoms with Gasteiger partial charge in [-0.2, -0.15) is 5.10 Å². The van der Waals surface area contributed by atoms with Gasteiger partial charge >= 0.3 is 0 Å². The Morgan fingerprint density at radius 3 is 2.88 bits per heavy atom. The second-order valence-electron chi connectivity index (χ2n) is 4.77. The first kappa shape index (κ1) is 18.3. The van der Waals surface area contributed by atoms with E-state index in [0.29, 0.717) is 27.9 Å². The van der Waals surface area contributed by atoms with Gasteiger partial charge in [-0.15, -0.1) is 10.2 Å². The van der Waals surface area contributed by atoms with E-state index in [9.17, 15) is 14.7 Å². The largest absolute Gasteiger partial charge is 0.504 e. The second-order valence-corrected chi connectivity index (χ2v) is 5.83. The van der Waals surface area contributed by atoms with Crippen LogP contribution in [-0.4, -0.2) is 40.4 Å². The molecular weight excluding hydrogens is 346 g/mol. The quantitative estimate of drug-likeness (QED) is 0.503. The lowest BCUT2D eigenvalue weighted by Crippen LogP contribution is -2.19. The van der Waals surface area contributed by atoms with Crippen LogP contribution in [0, 0.1) is 0 Å². The Bertz CT molecular complexity index is 790. The summed E-state index contributed by atoms with van der Waals surface area (Å²) in [5.41, 5.74) is 2.74. The normalized spacial score (nSPS) is 10.6. The summed E-state index contributed by atoms with van der Waals surface area (Å²) in [5, 5.41) is 24.7. The Hall–Kier alpha value is -3.01. The predicted octanol–water partition coefficient (Wildman–Crippen LogP) is 1.29. The number of para-hydroxylation sites is 1. The van der Waals surface area contributed by atoms with Gasteiger partial charge in [0.05, 0.1) is 19.7 Å². The number of nitrogens with one attached hydrogen (secondary N) is 2. The summed E-state index contributed by atoms with van der Waals surface area (Å²) in [4.78, 5) is 23.1. The van der Waals surface area contributed by atoms with E-state index in [4.69, 9.17) is 4.74 Å². The SMILES string of the molecule is CCC(=O)Nc1nnc(CC(=O)N/N=C\c2cccc(OC)c2O)s1. The molecule has 0 unspecified atom stereocenters. The minimum atomic E-state index is -0.400. The molecule has 0 aliphatic carbocycles. The fourth-order valence-corrected chi connectivity index (χ4v) is 2.50. The number of benzene rings is 1. The summed E-state index contributed by atoms with van der Waals surface area (Å²) in [5.74, 6) is -0.327. The molecule has 1 aromatic carbocycles. The van der Waals surface area contributed by atoms with E-state index in [2.05, 4.69) is 26.0 Å². The van der Waals surface area contributed by atoms with Gasteiger partial charge < -0.3 is 15.2 Å². The number of hydrogen-bond donors (Lipinski definition) is 3. The number of methoxy groups -OCH3 is 1. The van der Waals surface area contributed by atoms with Crippen LogP contribution >= 0.6 is 11.3 Å². The van der Waals surface area contributed by atoms with Crippen LogP contribution in [0.5, 0.6) is 11.5 Å². The average molecular weight is 363 g/mol. The molecule has 2 amide bonds. The molecule has 9 nitrogen and oxygen atoms in total. The summed E-state index contributed by atoms with van der Waals surface area (Å²) < 4.78 is 4.99. The zero-order valence-corrected chi connectivity index (χ0v) is 14.5. The van der Waals surface area contributed by atoms with Crippen molar-refractivity contribution in [1.82, 2.24) is 15.6 Å². The van der Waals surface area contributed by atoms with Crippen molar-refractivity contribution in [1.29, 1.82) is 0 Å². The maximum atomic E-state index is 11.8. The smallest absolute Gasteiger partial charge is 0.247 e. The molecule has 1 aromatic heterocycles. The highest BCUT2D eigenvalue weighted by molar-refractivity contribution is 7.15. The molecular formula is C15H17N5O4S. The standard InChI is InChI=1S/C15H17N5O4S/c1-3-11(21)17-15-20-19-13(25-15)7-12(22)18-16-8-9-5-4-6-10(24-2)14(9)23/h4-6,8,23H,3,7H2,1-2H3,(H,18,22)(H,17,20,21)/b16-8-. The van der Waals surface area contributed by atoms with Crippen LogP contribution in [0.1, 0.15) is 23.9 Å². The van der Waals surface area contributed by atoms with E-state index < -0.39 is 5.91 Å². The summed E-state index contributed by atoms with van der Waals surface area (Å²) in [7, 11) is 1.44. The van der Waals surface area contributed by atoms with Crippen LogP contribution in [0.4, 0.5) is 5.13 Å². The number of anilines is 1. The van der Waals surface area contributed by atoms with E-state index in [1.54, 1.807) is 25.1 Å². The van der Waals surface area contributed by atoms with E-state index >= 15 is 0 Å². The molecule has 0 atom stereocenters. The number of aromatic nitrogens is 2. The van der Waals surface area contributed by atoms with Crippen LogP contribution in [0.25, 0.3) is 0 Å². The minimum absolute atomic E-state index is 0.0267. The van der Waals surface area contributed by atoms with Crippen LogP contribution in [0.15, 0.2) is 23.3 Å². The van der Waals surface area contributed by atoms with Crippen molar-refractivity contribution in [3.05, 3.63) is 28.8 Å². The third-order valence-corrected chi connectivity index (χ3v) is 3.83. The topological polar surface area (TPSA) is 126 Å². The Kier molecular flexibility index (Phi) is 6.40. The molecule has 2 rings (SSSR count). The third-order valence-electron chi connectivity index (χ3n) is 2.99. The molecule has 0 saturated carbocycles. The maximum absolute atomic E-state index is 11.8. The maximum Gasteiger partial charge on any atom is 0.247 e. The second kappa shape index (κ2) is 8.73. The molecule has 1 heterocycles. The first-order chi connectivity index (χ1) is 12.0. The molecule has 132 valence electrons. The molecule has 0 spiro atoms. The number of amides is 2. The fourth-order valence-electron chi connectivity index (χ4n) is 1.74. The number of carbonyl (C=O) groups excluding carboxylic acids is 2. The molecule has 10 heteroatoms. The van der Waals surface area contributed by atoms with Gasteiger partial charge in [-0.1, -0.05) is 24.3 Å². The lowest BCUT2D eigenvalue weighted by Gasteiger charge is -2.04. The van der Waals surface area contributed by atoms with Crippen molar-refractivity contribution in [2.45, 2.75) is 19.8 Å². The van der Waals surface area contributed by atoms with Crippen LogP contribution < -0.4 is 15.5 Å². The Morgan fingerprint density at radius 2 is 2.16 bits per heavy atom. The summed E-state index contributed by atoms with van der Waals surface area (Å²) in [6, 6.07) is 4.92. The van der Waals surface area contributed by atoms with E-state index in [1.165, 1.54) is 13.3 Å². The minimum Gasteiger partial charge on any atom is -0.504 e. The number of ether oxygens (including phenoxy) is 1. The molecule has 0 saturated heterocycles. The monoisotopic (exact) mass is 363 g/mol. The molecule has 2 aromatic rings. The molecule has 0 aliphatic rings. The van der Waals surface area contributed by atoms with Crippen molar-refractivity contribution >= 4 is 34.5 Å². The lowest BCUT2D eigenvalue weighted by atomic mass is 10.2. The van der Waals surface area contributed by atoms with Gasteiger partial charge in [0.25, 0.3) is 0 Å². The van der Waals surface area contributed by atoms with Gasteiger partial charge in [0.1, 0.15) is 5.01 Å². The Labute approximate surface area is 147 Å². The van der Waals surface area contributed by atoms with Crippen LogP contribution in [-0.2, 0) is 16.0 Å². The highest BCUT2D eigenvalue weighted by atomic mass is 32.1. The predicted molar refractivity (Wildman–Crippen MR) is 92.9 cm³/mol. The molecule has 0 radical (unpaired) electrons. The number of hydrogen-bond acceptors (Lipinski definition) is 8. The summed E-state index contributed by atoms with van der Waals surface area (Å²) in [6.07, 6.45) is 1.62. The number of phenolic OH excluding ortho intramolecular Hbond substituents is 1. The van der Waals surface area contributed by atoms with Crippen molar-refractivity contribution in [2.75, 3.05) is 12.4 Å². The van der Waals surface area contributed by atoms with E-state index in [-0.39, 0.29) is 18.1 Å². The first-order valence-corrected chi connectivity index (χ1v) is 8.15. The van der Waals surface area contributed by atoms with Gasteiger partial charge in [0, 0.05) is 12.0 Å². The number of phenols is 1. The zero-order valence-electron chi connectivity index (χ0n) is 13.6. The molecule has 0 fully saturated rings. The number of nitrogens with zero attached hydrogens (tertiary/aromatic N) is 3. The first-order valence-electron chi connectivity index (χ1n) is 7.33. The molecule has 3 N–H and O–H groups in total. The highest BCUT2D eigenvalue weighted by Crippen LogP contribution is 2.27. The van der Waals surface area contributed by atoms with Crippen molar-refractivity contribution in [2.24, 2.45) is 5.10 Å². The van der Waals surface area contributed by atoms with Gasteiger partial charge in [-0.3, -0.25) is 9.59 Å². The molecule has 0 aliphatic heterocycles. The number of hydrazone groups is 1. The lowest BCUT2D eigenvalue weighted by molar-refractivity contribution is -0.120. The number of aromatic hydroxyl groups is 1. The van der Waals surface area contributed by atoms with Crippen molar-refractivity contribution in [3.63, 3.8) is 0 Å². The summed E-state index contributed by atoms with van der Waals surface area (Å²) in [6.45, 7) is 1.73. The molecule has 0 bridgehead atoms. The number of carbonyl (C=O) groups is 2. The highest BCUT2D eigenvalue weighted by Gasteiger charge is 2.10. The van der Waals surface area contributed by atoms with Gasteiger partial charge in [-0.25, -0.2) is 5.43 Å². The van der Waals surface area contributed by atoms with Crippen molar-refractivity contribution in [3.8, 4) is 11.5 Å². The van der Waals surface area contributed by atoms with Gasteiger partial charge in [0.2, 0.25) is 16.9 Å². The fraction of sp³-hybridized carbons (Fsp3) is 0.267. The van der Waals surface area contributed by atoms with Crippen LogP contribution in [0.3, 0.4) is 0 Å². The third kappa shape index (κ3) is 5.24. The van der Waals surface area contributed by atoms with Gasteiger partial charge in [0.15, 0.2) is 11.5 Å². The van der Waals surface area contributed by atoms with Crippen molar-refractivity contribution < 1.29 is 19.4 Å². The average Bonchev–Trinajstić information content (AvgIpc) is 3.03. The molecule has 25 heavy (non-hydrogen) atoms. The summed E-state index contributed by atoms with van der Waals surface area (Å²) >= 11 is 1.12. The van der Waals surface area contributed by atoms with Crippen LogP contribution in [0.2, 0.25) is 0 Å². The van der Waals surface area contributed by atoms with E-state index in [0.717, 1.165) is 11.3 Å². The van der Waals surface area contributed by atoms with E-state index in [1.807, 2.05) is 0 Å². The Balaban J connectivity index is 1.90.